The Bertz CT molecular complexity index is 1620. The third-order valence-corrected chi connectivity index (χ3v) is 7.23. The second-order valence-electron chi connectivity index (χ2n) is 8.79. The molecule has 0 saturated carbocycles. The Labute approximate surface area is 228 Å². The van der Waals surface area contributed by atoms with Gasteiger partial charge in [-0.2, -0.15) is 5.10 Å². The topological polar surface area (TPSA) is 50.6 Å². The summed E-state index contributed by atoms with van der Waals surface area (Å²) >= 11 is 9.93. The minimum absolute atomic E-state index is 0.0670. The van der Waals surface area contributed by atoms with Crippen molar-refractivity contribution in [1.82, 2.24) is 9.97 Å². The van der Waals surface area contributed by atoms with E-state index in [0.717, 1.165) is 49.2 Å². The molecule has 1 unspecified atom stereocenters. The molecule has 0 spiro atoms. The van der Waals surface area contributed by atoms with Crippen LogP contribution in [0, 0.1) is 0 Å². The summed E-state index contributed by atoms with van der Waals surface area (Å²) in [7, 11) is 1.67. The Morgan fingerprint density at radius 3 is 2.43 bits per heavy atom. The average Bonchev–Trinajstić information content (AvgIpc) is 3.39. The van der Waals surface area contributed by atoms with Crippen LogP contribution in [0.4, 0.5) is 5.95 Å². The molecule has 5 aromatic rings. The predicted molar refractivity (Wildman–Crippen MR) is 153 cm³/mol. The largest absolute Gasteiger partial charge is 0.497 e. The molecule has 0 bridgehead atoms. The van der Waals surface area contributed by atoms with Crippen LogP contribution >= 0.6 is 27.5 Å². The van der Waals surface area contributed by atoms with Gasteiger partial charge in [-0.1, -0.05) is 82.1 Å². The molecule has 5 nitrogen and oxygen atoms in total. The number of anilines is 1. The molecule has 1 aromatic heterocycles. The Kier molecular flexibility index (Phi) is 6.37. The summed E-state index contributed by atoms with van der Waals surface area (Å²) in [5.74, 6) is 1.34. The lowest BCUT2D eigenvalue weighted by Gasteiger charge is -2.23. The van der Waals surface area contributed by atoms with Gasteiger partial charge in [-0.15, -0.1) is 0 Å². The van der Waals surface area contributed by atoms with Gasteiger partial charge >= 0.3 is 0 Å². The fraction of sp³-hybridized carbons (Fsp3) is 0.100. The summed E-state index contributed by atoms with van der Waals surface area (Å²) in [5, 5.41) is 8.57. The number of nitrogens with zero attached hydrogens (tertiary/aromatic N) is 4. The molecule has 0 N–H and O–H groups in total. The molecule has 2 heterocycles. The van der Waals surface area contributed by atoms with E-state index in [-0.39, 0.29) is 6.04 Å². The highest BCUT2D eigenvalue weighted by molar-refractivity contribution is 9.10. The van der Waals surface area contributed by atoms with Crippen molar-refractivity contribution >= 4 is 50.1 Å². The van der Waals surface area contributed by atoms with Gasteiger partial charge in [0.15, 0.2) is 0 Å². The Morgan fingerprint density at radius 2 is 1.65 bits per heavy atom. The van der Waals surface area contributed by atoms with Crippen molar-refractivity contribution in [3.63, 3.8) is 0 Å². The van der Waals surface area contributed by atoms with Gasteiger partial charge in [0.2, 0.25) is 5.95 Å². The van der Waals surface area contributed by atoms with E-state index < -0.39 is 0 Å². The predicted octanol–water partition coefficient (Wildman–Crippen LogP) is 8.08. The van der Waals surface area contributed by atoms with Crippen molar-refractivity contribution in [2.24, 2.45) is 5.10 Å². The second kappa shape index (κ2) is 9.96. The first-order valence-corrected chi connectivity index (χ1v) is 13.1. The first kappa shape index (κ1) is 23.6. The molecule has 7 heteroatoms. The van der Waals surface area contributed by atoms with Crippen molar-refractivity contribution in [2.75, 3.05) is 12.1 Å². The molecule has 1 aliphatic heterocycles. The number of methoxy groups -OCH3 is 1. The molecule has 0 radical (unpaired) electrons. The molecule has 0 saturated heterocycles. The number of hydrogen-bond donors (Lipinski definition) is 0. The maximum atomic E-state index is 6.37. The summed E-state index contributed by atoms with van der Waals surface area (Å²) < 4.78 is 6.49. The lowest BCUT2D eigenvalue weighted by atomic mass is 9.98. The lowest BCUT2D eigenvalue weighted by Crippen LogP contribution is -2.21. The van der Waals surface area contributed by atoms with Crippen LogP contribution in [0.3, 0.4) is 0 Å². The number of aromatic nitrogens is 2. The van der Waals surface area contributed by atoms with Crippen LogP contribution in [0.1, 0.15) is 23.6 Å². The Hall–Kier alpha value is -3.74. The molecular weight excluding hydrogens is 548 g/mol. The third-order valence-electron chi connectivity index (χ3n) is 6.47. The highest BCUT2D eigenvalue weighted by atomic mass is 79.9. The van der Waals surface area contributed by atoms with Gasteiger partial charge in [0.05, 0.1) is 30.1 Å². The van der Waals surface area contributed by atoms with Crippen LogP contribution in [-0.4, -0.2) is 22.8 Å². The van der Waals surface area contributed by atoms with Crippen LogP contribution in [0.15, 0.2) is 107 Å². The lowest BCUT2D eigenvalue weighted by molar-refractivity contribution is 0.414. The number of benzene rings is 4. The Morgan fingerprint density at radius 1 is 0.865 bits per heavy atom. The monoisotopic (exact) mass is 568 g/mol. The van der Waals surface area contributed by atoms with Gasteiger partial charge in [0, 0.05) is 32.4 Å². The second-order valence-corrected chi connectivity index (χ2v) is 10.1. The van der Waals surface area contributed by atoms with Crippen LogP contribution < -0.4 is 9.75 Å². The molecule has 1 atom stereocenters. The van der Waals surface area contributed by atoms with E-state index >= 15 is 0 Å². The summed E-state index contributed by atoms with van der Waals surface area (Å²) in [6.45, 7) is 0. The van der Waals surface area contributed by atoms with E-state index in [1.54, 1.807) is 7.11 Å². The quantitative estimate of drug-likeness (QED) is 0.215. The third kappa shape index (κ3) is 4.70. The first-order valence-electron chi connectivity index (χ1n) is 11.9. The zero-order valence-corrected chi connectivity index (χ0v) is 22.3. The fourth-order valence-electron chi connectivity index (χ4n) is 4.62. The maximum absolute atomic E-state index is 6.37. The zero-order valence-electron chi connectivity index (χ0n) is 20.0. The van der Waals surface area contributed by atoms with Gasteiger partial charge in [-0.25, -0.2) is 15.0 Å². The molecule has 182 valence electrons. The number of hydrazone groups is 1. The van der Waals surface area contributed by atoms with E-state index in [2.05, 4.69) is 46.3 Å². The van der Waals surface area contributed by atoms with E-state index in [0.29, 0.717) is 17.4 Å². The van der Waals surface area contributed by atoms with Crippen LogP contribution in [0.2, 0.25) is 5.02 Å². The van der Waals surface area contributed by atoms with Gasteiger partial charge in [-0.3, -0.25) is 0 Å². The Balaban J connectivity index is 1.53. The van der Waals surface area contributed by atoms with Gasteiger partial charge in [-0.05, 0) is 48.0 Å². The maximum Gasteiger partial charge on any atom is 0.247 e. The minimum atomic E-state index is -0.0670. The van der Waals surface area contributed by atoms with Crippen molar-refractivity contribution < 1.29 is 4.74 Å². The SMILES string of the molecule is COc1cccc(C2=NN(c3nc(-c4ccccc4)c4cc(Cl)ccc4n3)C(c3ccc(Br)cc3)C2)c1. The summed E-state index contributed by atoms with van der Waals surface area (Å²) in [5.41, 5.74) is 5.73. The number of ether oxygens (including phenoxy) is 1. The van der Waals surface area contributed by atoms with E-state index in [1.807, 2.05) is 71.7 Å². The van der Waals surface area contributed by atoms with E-state index in [4.69, 9.17) is 31.4 Å². The highest BCUT2D eigenvalue weighted by Gasteiger charge is 2.32. The molecule has 37 heavy (non-hydrogen) atoms. The van der Waals surface area contributed by atoms with Crippen molar-refractivity contribution in [1.29, 1.82) is 0 Å². The standard InChI is InChI=1S/C30H22BrClN4O/c1-37-24-9-5-8-21(16-24)27-18-28(19-10-12-22(31)13-11-19)36(35-27)30-33-26-15-14-23(32)17-25(26)29(34-30)20-6-3-2-4-7-20/h2-17,28H,18H2,1H3. The molecule has 0 amide bonds. The smallest absolute Gasteiger partial charge is 0.247 e. The average molecular weight is 570 g/mol. The van der Waals surface area contributed by atoms with Crippen LogP contribution in [-0.2, 0) is 0 Å². The van der Waals surface area contributed by atoms with Crippen LogP contribution in [0.5, 0.6) is 5.75 Å². The van der Waals surface area contributed by atoms with Gasteiger partial charge < -0.3 is 4.74 Å². The zero-order chi connectivity index (χ0) is 25.4. The van der Waals surface area contributed by atoms with Gasteiger partial charge in [0.1, 0.15) is 5.75 Å². The molecule has 4 aromatic carbocycles. The van der Waals surface area contributed by atoms with Crippen molar-refractivity contribution in [3.8, 4) is 17.0 Å². The summed E-state index contributed by atoms with van der Waals surface area (Å²) in [4.78, 5) is 10.0. The number of hydrogen-bond acceptors (Lipinski definition) is 5. The molecule has 0 fully saturated rings. The highest BCUT2D eigenvalue weighted by Crippen LogP contribution is 2.38. The van der Waals surface area contributed by atoms with Gasteiger partial charge in [0.25, 0.3) is 0 Å². The van der Waals surface area contributed by atoms with Crippen molar-refractivity contribution in [2.45, 2.75) is 12.5 Å². The molecular formula is C30H22BrClN4O. The summed E-state index contributed by atoms with van der Waals surface area (Å²) in [6, 6.07) is 32.1. The minimum Gasteiger partial charge on any atom is -0.497 e. The molecule has 0 aliphatic carbocycles. The normalized spacial score (nSPS) is 15.2. The van der Waals surface area contributed by atoms with Crippen molar-refractivity contribution in [3.05, 3.63) is 118 Å². The first-order chi connectivity index (χ1) is 18.1. The number of fused-ring (bicyclic) bond motifs is 1. The van der Waals surface area contributed by atoms with E-state index in [1.165, 1.54) is 0 Å². The summed E-state index contributed by atoms with van der Waals surface area (Å²) in [6.07, 6.45) is 0.706. The number of rotatable bonds is 5. The fourth-order valence-corrected chi connectivity index (χ4v) is 5.06. The molecule has 1 aliphatic rings. The molecule has 6 rings (SSSR count). The van der Waals surface area contributed by atoms with E-state index in [9.17, 15) is 0 Å². The van der Waals surface area contributed by atoms with Crippen LogP contribution in [0.25, 0.3) is 22.2 Å². The number of halogens is 2.